The molecule has 0 spiro atoms. The number of methoxy groups -OCH3 is 1. The number of H-pyrrole nitrogens is 1. The van der Waals surface area contributed by atoms with Crippen molar-refractivity contribution in [2.45, 2.75) is 6.61 Å². The average molecular weight is 367 g/mol. The number of nitrogens with zero attached hydrogens (tertiary/aromatic N) is 1. The van der Waals surface area contributed by atoms with Crippen LogP contribution in [-0.4, -0.2) is 16.7 Å². The van der Waals surface area contributed by atoms with Gasteiger partial charge in [-0.3, -0.25) is 4.57 Å². The third-order valence-corrected chi connectivity index (χ3v) is 4.15. The van der Waals surface area contributed by atoms with Gasteiger partial charge in [0.25, 0.3) is 0 Å². The molecule has 108 valence electrons. The number of para-hydroxylation sites is 1. The predicted octanol–water partition coefficient (Wildman–Crippen LogP) is 4.74. The SMILES string of the molecule is COCc1ccccc1-n1c(=S)[nH]c2cc(F)c(Br)cc21. The van der Waals surface area contributed by atoms with E-state index in [9.17, 15) is 4.39 Å². The monoisotopic (exact) mass is 366 g/mol. The highest BCUT2D eigenvalue weighted by Gasteiger charge is 2.12. The topological polar surface area (TPSA) is 29.9 Å². The molecule has 2 aromatic carbocycles. The lowest BCUT2D eigenvalue weighted by Gasteiger charge is -2.11. The Bertz CT molecular complexity index is 872. The molecule has 0 saturated heterocycles. The smallest absolute Gasteiger partial charge is 0.182 e. The zero-order chi connectivity index (χ0) is 15.0. The summed E-state index contributed by atoms with van der Waals surface area (Å²) in [6, 6.07) is 11.0. The van der Waals surface area contributed by atoms with Crippen LogP contribution in [0.25, 0.3) is 16.7 Å². The van der Waals surface area contributed by atoms with E-state index in [-0.39, 0.29) is 5.82 Å². The van der Waals surface area contributed by atoms with Gasteiger partial charge in [-0.2, -0.15) is 0 Å². The summed E-state index contributed by atoms with van der Waals surface area (Å²) in [5.74, 6) is -0.323. The van der Waals surface area contributed by atoms with Gasteiger partial charge >= 0.3 is 0 Å². The molecule has 0 amide bonds. The van der Waals surface area contributed by atoms with Crippen molar-refractivity contribution in [3.63, 3.8) is 0 Å². The molecule has 0 aliphatic rings. The molecule has 1 N–H and O–H groups in total. The maximum Gasteiger partial charge on any atom is 0.182 e. The van der Waals surface area contributed by atoms with Crippen LogP contribution >= 0.6 is 28.1 Å². The zero-order valence-electron chi connectivity index (χ0n) is 11.2. The van der Waals surface area contributed by atoms with Gasteiger partial charge in [-0.25, -0.2) is 4.39 Å². The number of aromatic amines is 1. The highest BCUT2D eigenvalue weighted by Crippen LogP contribution is 2.27. The minimum atomic E-state index is -0.323. The van der Waals surface area contributed by atoms with Crippen LogP contribution in [-0.2, 0) is 11.3 Å². The quantitative estimate of drug-likeness (QED) is 0.678. The molecule has 0 radical (unpaired) electrons. The maximum atomic E-state index is 13.7. The molecular formula is C15H12BrFN2OS. The van der Waals surface area contributed by atoms with Gasteiger partial charge in [-0.15, -0.1) is 0 Å². The molecule has 3 nitrogen and oxygen atoms in total. The molecule has 21 heavy (non-hydrogen) atoms. The van der Waals surface area contributed by atoms with Crippen LogP contribution < -0.4 is 0 Å². The minimum absolute atomic E-state index is 0.323. The first-order valence-electron chi connectivity index (χ1n) is 6.29. The normalized spacial score (nSPS) is 11.2. The van der Waals surface area contributed by atoms with Gasteiger partial charge in [-0.1, -0.05) is 18.2 Å². The summed E-state index contributed by atoms with van der Waals surface area (Å²) >= 11 is 8.61. The third kappa shape index (κ3) is 2.54. The summed E-state index contributed by atoms with van der Waals surface area (Å²) in [5.41, 5.74) is 3.41. The van der Waals surface area contributed by atoms with Crippen LogP contribution in [0, 0.1) is 10.6 Å². The van der Waals surface area contributed by atoms with E-state index < -0.39 is 0 Å². The van der Waals surface area contributed by atoms with Gasteiger partial charge in [0.1, 0.15) is 5.82 Å². The van der Waals surface area contributed by atoms with E-state index in [0.29, 0.717) is 21.4 Å². The molecule has 0 atom stereocenters. The molecule has 0 fully saturated rings. The lowest BCUT2D eigenvalue weighted by Crippen LogP contribution is -2.00. The van der Waals surface area contributed by atoms with Gasteiger partial charge in [0.2, 0.25) is 0 Å². The highest BCUT2D eigenvalue weighted by atomic mass is 79.9. The van der Waals surface area contributed by atoms with Gasteiger partial charge in [0, 0.05) is 18.7 Å². The Kier molecular flexibility index (Phi) is 3.93. The Balaban J connectivity index is 2.33. The van der Waals surface area contributed by atoms with E-state index in [4.69, 9.17) is 17.0 Å². The van der Waals surface area contributed by atoms with Crippen LogP contribution in [0.3, 0.4) is 0 Å². The largest absolute Gasteiger partial charge is 0.380 e. The lowest BCUT2D eigenvalue weighted by atomic mass is 10.2. The maximum absolute atomic E-state index is 13.7. The Labute approximate surface area is 134 Å². The second kappa shape index (κ2) is 5.71. The molecular weight excluding hydrogens is 355 g/mol. The second-order valence-corrected chi connectivity index (χ2v) is 5.85. The lowest BCUT2D eigenvalue weighted by molar-refractivity contribution is 0.185. The number of aromatic nitrogens is 2. The highest BCUT2D eigenvalue weighted by molar-refractivity contribution is 9.10. The van der Waals surface area contributed by atoms with Crippen LogP contribution in [0.5, 0.6) is 0 Å². The van der Waals surface area contributed by atoms with Gasteiger partial charge < -0.3 is 9.72 Å². The molecule has 0 bridgehead atoms. The van der Waals surface area contributed by atoms with Gasteiger partial charge in [0.15, 0.2) is 4.77 Å². The van der Waals surface area contributed by atoms with Crippen molar-refractivity contribution in [1.29, 1.82) is 0 Å². The Morgan fingerprint density at radius 1 is 1.33 bits per heavy atom. The molecule has 3 aromatic rings. The van der Waals surface area contributed by atoms with Crippen molar-refractivity contribution in [2.75, 3.05) is 7.11 Å². The predicted molar refractivity (Wildman–Crippen MR) is 86.8 cm³/mol. The Hall–Kier alpha value is -1.50. The molecule has 0 aliphatic heterocycles. The van der Waals surface area contributed by atoms with E-state index >= 15 is 0 Å². The summed E-state index contributed by atoms with van der Waals surface area (Å²) < 4.78 is 21.7. The first kappa shape index (κ1) is 14.4. The molecule has 0 unspecified atom stereocenters. The van der Waals surface area contributed by atoms with E-state index in [1.165, 1.54) is 6.07 Å². The summed E-state index contributed by atoms with van der Waals surface area (Å²) in [7, 11) is 1.65. The van der Waals surface area contributed by atoms with Crippen LogP contribution in [0.1, 0.15) is 5.56 Å². The number of benzene rings is 2. The van der Waals surface area contributed by atoms with E-state index in [1.54, 1.807) is 13.2 Å². The molecule has 1 aromatic heterocycles. The van der Waals surface area contributed by atoms with Gasteiger partial charge in [-0.05, 0) is 40.3 Å². The molecule has 6 heteroatoms. The fourth-order valence-electron chi connectivity index (χ4n) is 2.35. The Morgan fingerprint density at radius 3 is 2.86 bits per heavy atom. The Morgan fingerprint density at radius 2 is 2.10 bits per heavy atom. The molecule has 3 rings (SSSR count). The van der Waals surface area contributed by atoms with E-state index in [2.05, 4.69) is 20.9 Å². The van der Waals surface area contributed by atoms with Crippen molar-refractivity contribution in [3.8, 4) is 5.69 Å². The van der Waals surface area contributed by atoms with Gasteiger partial charge in [0.05, 0.1) is 27.8 Å². The molecule has 0 aliphatic carbocycles. The summed E-state index contributed by atoms with van der Waals surface area (Å²) in [4.78, 5) is 3.04. The summed E-state index contributed by atoms with van der Waals surface area (Å²) in [5, 5.41) is 0. The zero-order valence-corrected chi connectivity index (χ0v) is 13.6. The number of nitrogens with one attached hydrogen (secondary N) is 1. The molecule has 0 saturated carbocycles. The number of ether oxygens (including phenoxy) is 1. The van der Waals surface area contributed by atoms with Crippen molar-refractivity contribution < 1.29 is 9.13 Å². The number of rotatable bonds is 3. The van der Waals surface area contributed by atoms with Crippen LogP contribution in [0.2, 0.25) is 0 Å². The first-order valence-corrected chi connectivity index (χ1v) is 7.49. The summed E-state index contributed by atoms with van der Waals surface area (Å²) in [6.45, 7) is 0.479. The number of fused-ring (bicyclic) bond motifs is 1. The van der Waals surface area contributed by atoms with E-state index in [1.807, 2.05) is 28.8 Å². The number of hydrogen-bond acceptors (Lipinski definition) is 2. The first-order chi connectivity index (χ1) is 10.1. The van der Waals surface area contributed by atoms with Crippen molar-refractivity contribution in [1.82, 2.24) is 9.55 Å². The fourth-order valence-corrected chi connectivity index (χ4v) is 2.99. The van der Waals surface area contributed by atoms with Crippen molar-refractivity contribution in [2.24, 2.45) is 0 Å². The summed E-state index contributed by atoms with van der Waals surface area (Å²) in [6.07, 6.45) is 0. The average Bonchev–Trinajstić information content (AvgIpc) is 2.76. The minimum Gasteiger partial charge on any atom is -0.380 e. The second-order valence-electron chi connectivity index (χ2n) is 4.61. The van der Waals surface area contributed by atoms with Crippen molar-refractivity contribution in [3.05, 3.63) is 57.0 Å². The third-order valence-electron chi connectivity index (χ3n) is 3.26. The van der Waals surface area contributed by atoms with Crippen molar-refractivity contribution >= 4 is 39.2 Å². The molecule has 1 heterocycles. The standard InChI is InChI=1S/C15H12BrFN2OS/c1-20-8-9-4-2-3-5-13(9)19-14-6-10(16)11(17)7-12(14)18-15(19)21/h2-7H,8H2,1H3,(H,18,21). The van der Waals surface area contributed by atoms with E-state index in [0.717, 1.165) is 16.8 Å². The van der Waals surface area contributed by atoms with Crippen LogP contribution in [0.4, 0.5) is 4.39 Å². The number of halogens is 2. The fraction of sp³-hybridized carbons (Fsp3) is 0.133. The van der Waals surface area contributed by atoms with Crippen LogP contribution in [0.15, 0.2) is 40.9 Å². The number of hydrogen-bond donors (Lipinski definition) is 1. The number of imidazole rings is 1.